The number of anilines is 1. The minimum absolute atomic E-state index is 0.143. The molecule has 6 nitrogen and oxygen atoms in total. The fraction of sp³-hybridized carbons (Fsp3) is 0.200. The van der Waals surface area contributed by atoms with Crippen LogP contribution in [0, 0.1) is 6.92 Å². The molecule has 0 fully saturated rings. The molecule has 1 aromatic heterocycles. The molecule has 1 aliphatic rings. The molecule has 0 saturated heterocycles. The Morgan fingerprint density at radius 1 is 1.30 bits per heavy atom. The summed E-state index contributed by atoms with van der Waals surface area (Å²) in [6, 6.07) is 10.9. The summed E-state index contributed by atoms with van der Waals surface area (Å²) in [7, 11) is 0. The molecule has 0 radical (unpaired) electrons. The second-order valence-corrected chi connectivity index (χ2v) is 7.24. The van der Waals surface area contributed by atoms with Crippen LogP contribution >= 0.6 is 15.9 Å². The van der Waals surface area contributed by atoms with E-state index in [-0.39, 0.29) is 6.61 Å². The van der Waals surface area contributed by atoms with E-state index in [1.54, 1.807) is 25.3 Å². The number of carbonyl (C=O) groups is 2. The van der Waals surface area contributed by atoms with Crippen LogP contribution < -0.4 is 10.1 Å². The number of para-hydroxylation sites is 1. The van der Waals surface area contributed by atoms with Gasteiger partial charge in [-0.3, -0.25) is 0 Å². The van der Waals surface area contributed by atoms with Gasteiger partial charge in [0.2, 0.25) is 0 Å². The normalized spacial score (nSPS) is 18.6. The topological polar surface area (TPSA) is 80.4 Å². The molecule has 4 rings (SSSR count). The molecule has 0 bridgehead atoms. The zero-order valence-corrected chi connectivity index (χ0v) is 16.3. The van der Waals surface area contributed by atoms with Gasteiger partial charge in [0.1, 0.15) is 0 Å². The number of esters is 2. The van der Waals surface area contributed by atoms with Gasteiger partial charge in [0, 0.05) is 27.1 Å². The quantitative estimate of drug-likeness (QED) is 0.374. The molecule has 138 valence electrons. The summed E-state index contributed by atoms with van der Waals surface area (Å²) in [5.74, 6) is -1.03. The van der Waals surface area contributed by atoms with Crippen LogP contribution in [0.1, 0.15) is 18.1 Å². The van der Waals surface area contributed by atoms with Crippen molar-refractivity contribution < 1.29 is 19.1 Å². The third-order valence-corrected chi connectivity index (χ3v) is 5.18. The molecule has 2 N–H and O–H groups in total. The molecule has 3 aromatic rings. The maximum atomic E-state index is 13.1. The lowest BCUT2D eigenvalue weighted by Gasteiger charge is -2.35. The molecule has 0 amide bonds. The number of halogens is 1. The van der Waals surface area contributed by atoms with E-state index in [1.165, 1.54) is 0 Å². The lowest BCUT2D eigenvalue weighted by Crippen LogP contribution is -2.55. The number of benzene rings is 2. The van der Waals surface area contributed by atoms with Crippen molar-refractivity contribution in [3.8, 4) is 5.75 Å². The number of aromatic amines is 1. The highest BCUT2D eigenvalue weighted by Crippen LogP contribution is 2.43. The van der Waals surface area contributed by atoms with Crippen molar-refractivity contribution >= 4 is 44.5 Å². The number of H-pyrrole nitrogens is 1. The summed E-state index contributed by atoms with van der Waals surface area (Å²) in [4.78, 5) is 29.3. The number of ether oxygens (including phenoxy) is 2. The minimum Gasteiger partial charge on any atom is -0.464 e. The Morgan fingerprint density at radius 3 is 2.89 bits per heavy atom. The Bertz CT molecular complexity index is 1080. The zero-order valence-electron chi connectivity index (χ0n) is 14.8. The zero-order chi connectivity index (χ0) is 19.2. The van der Waals surface area contributed by atoms with Crippen LogP contribution in [0.5, 0.6) is 5.75 Å². The van der Waals surface area contributed by atoms with Crippen LogP contribution in [-0.4, -0.2) is 23.5 Å². The second-order valence-electron chi connectivity index (χ2n) is 6.33. The number of aromatic nitrogens is 1. The fourth-order valence-electron chi connectivity index (χ4n) is 3.37. The van der Waals surface area contributed by atoms with Crippen molar-refractivity contribution in [2.75, 3.05) is 11.9 Å². The first-order chi connectivity index (χ1) is 13.0. The summed E-state index contributed by atoms with van der Waals surface area (Å²) in [6.07, 6.45) is 1.64. The van der Waals surface area contributed by atoms with E-state index < -0.39 is 17.5 Å². The van der Waals surface area contributed by atoms with Gasteiger partial charge in [-0.25, -0.2) is 9.59 Å². The summed E-state index contributed by atoms with van der Waals surface area (Å²) < 4.78 is 11.7. The van der Waals surface area contributed by atoms with Gasteiger partial charge in [0.25, 0.3) is 5.54 Å². The summed E-state index contributed by atoms with van der Waals surface area (Å²) >= 11 is 3.43. The van der Waals surface area contributed by atoms with Crippen LogP contribution in [0.4, 0.5) is 5.69 Å². The number of fused-ring (bicyclic) bond motifs is 2. The van der Waals surface area contributed by atoms with Gasteiger partial charge in [-0.1, -0.05) is 34.1 Å². The predicted molar refractivity (Wildman–Crippen MR) is 105 cm³/mol. The van der Waals surface area contributed by atoms with E-state index in [4.69, 9.17) is 9.47 Å². The molecule has 2 aromatic carbocycles. The van der Waals surface area contributed by atoms with E-state index in [0.29, 0.717) is 17.0 Å². The highest BCUT2D eigenvalue weighted by molar-refractivity contribution is 9.10. The van der Waals surface area contributed by atoms with E-state index >= 15 is 0 Å². The monoisotopic (exact) mass is 428 g/mol. The third kappa shape index (κ3) is 2.61. The van der Waals surface area contributed by atoms with Crippen LogP contribution in [-0.2, 0) is 19.9 Å². The highest BCUT2D eigenvalue weighted by atomic mass is 79.9. The van der Waals surface area contributed by atoms with Gasteiger partial charge in [-0.2, -0.15) is 0 Å². The van der Waals surface area contributed by atoms with Crippen LogP contribution in [0.25, 0.3) is 10.9 Å². The van der Waals surface area contributed by atoms with Crippen molar-refractivity contribution in [1.82, 2.24) is 4.98 Å². The molecule has 0 unspecified atom stereocenters. The van der Waals surface area contributed by atoms with Gasteiger partial charge in [-0.05, 0) is 37.6 Å². The lowest BCUT2D eigenvalue weighted by atomic mass is 9.87. The number of carbonyl (C=O) groups excluding carboxylic acids is 2. The van der Waals surface area contributed by atoms with Gasteiger partial charge in [0.05, 0.1) is 12.3 Å². The maximum absolute atomic E-state index is 13.1. The Kier molecular flexibility index (Phi) is 4.19. The molecule has 0 spiro atoms. The third-order valence-electron chi connectivity index (χ3n) is 4.69. The number of nitrogens with one attached hydrogen (secondary N) is 2. The Labute approximate surface area is 164 Å². The van der Waals surface area contributed by atoms with Crippen molar-refractivity contribution in [2.45, 2.75) is 19.4 Å². The summed E-state index contributed by atoms with van der Waals surface area (Å²) in [5, 5.41) is 3.87. The molecule has 7 heteroatoms. The van der Waals surface area contributed by atoms with Crippen molar-refractivity contribution in [3.63, 3.8) is 0 Å². The van der Waals surface area contributed by atoms with Gasteiger partial charge in [0.15, 0.2) is 5.75 Å². The van der Waals surface area contributed by atoms with Crippen LogP contribution in [0.2, 0.25) is 0 Å². The van der Waals surface area contributed by atoms with E-state index in [0.717, 1.165) is 20.9 Å². The summed E-state index contributed by atoms with van der Waals surface area (Å²) in [5.41, 5.74) is 0.907. The van der Waals surface area contributed by atoms with Gasteiger partial charge >= 0.3 is 11.9 Å². The molecule has 1 aliphatic heterocycles. The lowest BCUT2D eigenvalue weighted by molar-refractivity contribution is -0.159. The molecular formula is C20H17BrN2O4. The number of hydrogen-bond donors (Lipinski definition) is 2. The standard InChI is InChI=1S/C20H17BrN2O4/c1-3-26-18(24)20(14-10-22-15-9-12(21)7-8-13(14)15)19(25)27-16-6-4-5-11(2)17(16)23-20/h4-10,22-23H,3H2,1-2H3/t20-/m1/s1. The van der Waals surface area contributed by atoms with Crippen molar-refractivity contribution in [1.29, 1.82) is 0 Å². The first kappa shape index (κ1) is 17.6. The Hall–Kier alpha value is -2.80. The highest BCUT2D eigenvalue weighted by Gasteiger charge is 2.55. The smallest absolute Gasteiger partial charge is 0.354 e. The van der Waals surface area contributed by atoms with Crippen molar-refractivity contribution in [3.05, 3.63) is 58.2 Å². The average molecular weight is 429 g/mol. The largest absolute Gasteiger partial charge is 0.464 e. The second kappa shape index (κ2) is 6.42. The molecule has 27 heavy (non-hydrogen) atoms. The van der Waals surface area contributed by atoms with Crippen molar-refractivity contribution in [2.24, 2.45) is 0 Å². The first-order valence-electron chi connectivity index (χ1n) is 8.51. The van der Waals surface area contributed by atoms with Gasteiger partial charge in [-0.15, -0.1) is 0 Å². The van der Waals surface area contributed by atoms with Crippen LogP contribution in [0.15, 0.2) is 47.1 Å². The molecule has 1 atom stereocenters. The van der Waals surface area contributed by atoms with E-state index in [9.17, 15) is 9.59 Å². The van der Waals surface area contributed by atoms with Crippen LogP contribution in [0.3, 0.4) is 0 Å². The Balaban J connectivity index is 1.97. The number of aryl methyl sites for hydroxylation is 1. The average Bonchev–Trinajstić information content (AvgIpc) is 3.05. The molecule has 2 heterocycles. The van der Waals surface area contributed by atoms with E-state index in [1.807, 2.05) is 31.2 Å². The number of rotatable bonds is 3. The minimum atomic E-state index is -1.79. The summed E-state index contributed by atoms with van der Waals surface area (Å²) in [6.45, 7) is 3.72. The van der Waals surface area contributed by atoms with Gasteiger partial charge < -0.3 is 19.8 Å². The Morgan fingerprint density at radius 2 is 2.11 bits per heavy atom. The SMILES string of the molecule is CCOC(=O)[C@@]1(c2c[nH]c3cc(Br)ccc23)Nc2c(C)cccc2OC1=O. The first-order valence-corrected chi connectivity index (χ1v) is 9.31. The fourth-order valence-corrected chi connectivity index (χ4v) is 3.73. The maximum Gasteiger partial charge on any atom is 0.354 e. The number of hydrogen-bond acceptors (Lipinski definition) is 5. The molecule has 0 aliphatic carbocycles. The van der Waals surface area contributed by atoms with E-state index in [2.05, 4.69) is 26.2 Å². The molecular weight excluding hydrogens is 412 g/mol. The molecule has 0 saturated carbocycles. The predicted octanol–water partition coefficient (Wildman–Crippen LogP) is 4.03.